The molecular weight excluding hydrogens is 271 g/mol. The second kappa shape index (κ2) is 6.65. The van der Waals surface area contributed by atoms with Gasteiger partial charge in [-0.3, -0.25) is 4.79 Å². The van der Waals surface area contributed by atoms with Gasteiger partial charge >= 0.3 is 0 Å². The summed E-state index contributed by atoms with van der Waals surface area (Å²) in [7, 11) is 1.40. The van der Waals surface area contributed by atoms with Gasteiger partial charge in [-0.1, -0.05) is 17.7 Å². The van der Waals surface area contributed by atoms with Crippen molar-refractivity contribution in [3.8, 4) is 5.75 Å². The van der Waals surface area contributed by atoms with Gasteiger partial charge in [0.15, 0.2) is 11.6 Å². The first-order chi connectivity index (χ1) is 10.1. The zero-order chi connectivity index (χ0) is 15.2. The van der Waals surface area contributed by atoms with E-state index in [1.54, 1.807) is 18.2 Å². The Morgan fingerprint density at radius 3 is 2.57 bits per heavy atom. The van der Waals surface area contributed by atoms with Crippen LogP contribution in [0, 0.1) is 12.7 Å². The number of hydrazone groups is 1. The molecule has 2 aromatic rings. The van der Waals surface area contributed by atoms with Crippen molar-refractivity contribution < 1.29 is 13.9 Å². The van der Waals surface area contributed by atoms with Crippen LogP contribution in [0.1, 0.15) is 21.5 Å². The van der Waals surface area contributed by atoms with E-state index in [9.17, 15) is 9.18 Å². The van der Waals surface area contributed by atoms with Crippen molar-refractivity contribution in [1.29, 1.82) is 0 Å². The molecule has 0 spiro atoms. The van der Waals surface area contributed by atoms with Crippen molar-refractivity contribution in [2.45, 2.75) is 6.92 Å². The lowest BCUT2D eigenvalue weighted by molar-refractivity contribution is 0.0955. The molecule has 0 aliphatic heterocycles. The maximum atomic E-state index is 13.5. The highest BCUT2D eigenvalue weighted by atomic mass is 19.1. The van der Waals surface area contributed by atoms with Crippen molar-refractivity contribution in [1.82, 2.24) is 5.43 Å². The van der Waals surface area contributed by atoms with Crippen molar-refractivity contribution in [2.75, 3.05) is 7.11 Å². The number of halogens is 1. The fourth-order valence-corrected chi connectivity index (χ4v) is 1.70. The summed E-state index contributed by atoms with van der Waals surface area (Å²) in [6.45, 7) is 1.94. The maximum Gasteiger partial charge on any atom is 0.271 e. The number of rotatable bonds is 4. The Kier molecular flexibility index (Phi) is 4.66. The number of benzene rings is 2. The summed E-state index contributed by atoms with van der Waals surface area (Å²) in [5.74, 6) is -0.637. The van der Waals surface area contributed by atoms with Gasteiger partial charge in [0.1, 0.15) is 0 Å². The minimum absolute atomic E-state index is 0.163. The van der Waals surface area contributed by atoms with E-state index in [0.717, 1.165) is 5.56 Å². The molecule has 0 aliphatic carbocycles. The van der Waals surface area contributed by atoms with Crippen LogP contribution in [0.2, 0.25) is 0 Å². The first-order valence-corrected chi connectivity index (χ1v) is 6.34. The third-order valence-electron chi connectivity index (χ3n) is 2.87. The van der Waals surface area contributed by atoms with Gasteiger partial charge in [-0.05, 0) is 42.8 Å². The van der Waals surface area contributed by atoms with E-state index in [4.69, 9.17) is 4.74 Å². The van der Waals surface area contributed by atoms with Crippen LogP contribution in [0.3, 0.4) is 0 Å². The Morgan fingerprint density at radius 2 is 1.95 bits per heavy atom. The largest absolute Gasteiger partial charge is 0.494 e. The van der Waals surface area contributed by atoms with Gasteiger partial charge in [-0.25, -0.2) is 9.82 Å². The van der Waals surface area contributed by atoms with Gasteiger partial charge in [0.05, 0.1) is 13.3 Å². The van der Waals surface area contributed by atoms with Gasteiger partial charge < -0.3 is 4.74 Å². The molecule has 5 heteroatoms. The van der Waals surface area contributed by atoms with Gasteiger partial charge in [0.25, 0.3) is 5.91 Å². The molecule has 0 saturated heterocycles. The van der Waals surface area contributed by atoms with E-state index in [1.165, 1.54) is 25.5 Å². The smallest absolute Gasteiger partial charge is 0.271 e. The van der Waals surface area contributed by atoms with E-state index in [1.807, 2.05) is 19.1 Å². The highest BCUT2D eigenvalue weighted by Gasteiger charge is 2.04. The lowest BCUT2D eigenvalue weighted by Crippen LogP contribution is -2.17. The van der Waals surface area contributed by atoms with E-state index in [-0.39, 0.29) is 11.7 Å². The number of amides is 1. The molecule has 0 saturated carbocycles. The van der Waals surface area contributed by atoms with Crippen LogP contribution in [0.4, 0.5) is 4.39 Å². The zero-order valence-electron chi connectivity index (χ0n) is 11.8. The van der Waals surface area contributed by atoms with Crippen LogP contribution in [0.25, 0.3) is 0 Å². The average molecular weight is 286 g/mol. The fourth-order valence-electron chi connectivity index (χ4n) is 1.70. The number of methoxy groups -OCH3 is 1. The van der Waals surface area contributed by atoms with Crippen LogP contribution in [0.15, 0.2) is 47.6 Å². The van der Waals surface area contributed by atoms with Gasteiger partial charge in [0.2, 0.25) is 0 Å². The molecule has 0 atom stereocenters. The molecule has 2 aromatic carbocycles. The van der Waals surface area contributed by atoms with Crippen molar-refractivity contribution in [2.24, 2.45) is 5.10 Å². The van der Waals surface area contributed by atoms with Crippen LogP contribution in [-0.4, -0.2) is 19.2 Å². The molecule has 4 nitrogen and oxygen atoms in total. The molecule has 1 amide bonds. The topological polar surface area (TPSA) is 50.7 Å². The Labute approximate surface area is 122 Å². The maximum absolute atomic E-state index is 13.5. The lowest BCUT2D eigenvalue weighted by Gasteiger charge is -2.02. The average Bonchev–Trinajstić information content (AvgIpc) is 2.48. The number of carbonyl (C=O) groups is 1. The van der Waals surface area contributed by atoms with Crippen LogP contribution >= 0.6 is 0 Å². The molecule has 0 radical (unpaired) electrons. The minimum Gasteiger partial charge on any atom is -0.494 e. The Balaban J connectivity index is 2.00. The Hall–Kier alpha value is -2.69. The lowest BCUT2D eigenvalue weighted by atomic mass is 10.1. The second-order valence-electron chi connectivity index (χ2n) is 4.46. The number of carbonyl (C=O) groups excluding carboxylic acids is 1. The summed E-state index contributed by atoms with van der Waals surface area (Å²) in [5, 5.41) is 3.80. The number of nitrogens with zero attached hydrogens (tertiary/aromatic N) is 1. The van der Waals surface area contributed by atoms with Gasteiger partial charge in [0, 0.05) is 5.56 Å². The highest BCUT2D eigenvalue weighted by molar-refractivity contribution is 5.94. The van der Waals surface area contributed by atoms with Gasteiger partial charge in [-0.2, -0.15) is 5.10 Å². The summed E-state index contributed by atoms with van der Waals surface area (Å²) in [4.78, 5) is 11.8. The van der Waals surface area contributed by atoms with E-state index in [0.29, 0.717) is 11.1 Å². The zero-order valence-corrected chi connectivity index (χ0v) is 11.8. The van der Waals surface area contributed by atoms with Crippen LogP contribution in [-0.2, 0) is 0 Å². The molecule has 21 heavy (non-hydrogen) atoms. The minimum atomic E-state index is -0.480. The summed E-state index contributed by atoms with van der Waals surface area (Å²) < 4.78 is 18.3. The van der Waals surface area contributed by atoms with E-state index < -0.39 is 5.82 Å². The molecule has 0 aliphatic rings. The molecule has 0 aromatic heterocycles. The summed E-state index contributed by atoms with van der Waals surface area (Å²) in [5.41, 5.74) is 4.50. The summed E-state index contributed by atoms with van der Waals surface area (Å²) >= 11 is 0. The van der Waals surface area contributed by atoms with E-state index >= 15 is 0 Å². The standard InChI is InChI=1S/C16H15FN2O2/c1-11-3-6-13(7-4-11)16(20)19-18-10-12-5-8-15(21-2)14(17)9-12/h3-10H,1-2H3,(H,19,20)/b18-10-. The van der Waals surface area contributed by atoms with Crippen molar-refractivity contribution in [3.63, 3.8) is 0 Å². The summed E-state index contributed by atoms with van der Waals surface area (Å²) in [6.07, 6.45) is 1.37. The normalized spacial score (nSPS) is 10.6. The number of ether oxygens (including phenoxy) is 1. The first kappa shape index (κ1) is 14.7. The SMILES string of the molecule is COc1ccc(/C=N\NC(=O)c2ccc(C)cc2)cc1F. The third kappa shape index (κ3) is 3.89. The first-order valence-electron chi connectivity index (χ1n) is 6.34. The quantitative estimate of drug-likeness (QED) is 0.694. The van der Waals surface area contributed by atoms with Crippen molar-refractivity contribution >= 4 is 12.1 Å². The monoisotopic (exact) mass is 286 g/mol. The Morgan fingerprint density at radius 1 is 1.24 bits per heavy atom. The van der Waals surface area contributed by atoms with Crippen molar-refractivity contribution in [3.05, 3.63) is 65.0 Å². The number of aryl methyl sites for hydroxylation is 1. The molecular formula is C16H15FN2O2. The van der Waals surface area contributed by atoms with E-state index in [2.05, 4.69) is 10.5 Å². The van der Waals surface area contributed by atoms with Crippen LogP contribution < -0.4 is 10.2 Å². The third-order valence-corrected chi connectivity index (χ3v) is 2.87. The summed E-state index contributed by atoms with van der Waals surface area (Å²) in [6, 6.07) is 11.5. The molecule has 0 unspecified atom stereocenters. The predicted octanol–water partition coefficient (Wildman–Crippen LogP) is 2.91. The molecule has 0 heterocycles. The van der Waals surface area contributed by atoms with Gasteiger partial charge in [-0.15, -0.1) is 0 Å². The number of nitrogens with one attached hydrogen (secondary N) is 1. The molecule has 2 rings (SSSR count). The number of hydrogen-bond donors (Lipinski definition) is 1. The highest BCUT2D eigenvalue weighted by Crippen LogP contribution is 2.16. The Bertz CT molecular complexity index is 666. The molecule has 0 bridgehead atoms. The molecule has 1 N–H and O–H groups in total. The predicted molar refractivity (Wildman–Crippen MR) is 79.2 cm³/mol. The molecule has 0 fully saturated rings. The number of hydrogen-bond acceptors (Lipinski definition) is 3. The fraction of sp³-hybridized carbons (Fsp3) is 0.125. The molecule has 108 valence electrons. The van der Waals surface area contributed by atoms with Crippen LogP contribution in [0.5, 0.6) is 5.75 Å². The second-order valence-corrected chi connectivity index (χ2v) is 4.46.